The second kappa shape index (κ2) is 11.7. The van der Waals surface area contributed by atoms with Crippen LogP contribution in [-0.2, 0) is 10.9 Å². The molecule has 2 aliphatic rings. The van der Waals surface area contributed by atoms with E-state index in [9.17, 15) is 22.4 Å². The first-order valence-corrected chi connectivity index (χ1v) is 13.9. The lowest BCUT2D eigenvalue weighted by Gasteiger charge is -2.39. The fourth-order valence-corrected chi connectivity index (χ4v) is 5.36. The number of hydrogen-bond acceptors (Lipinski definition) is 7. The minimum absolute atomic E-state index is 0.0604. The first kappa shape index (κ1) is 30.6. The molecular formula is C30H33F5N6O2. The van der Waals surface area contributed by atoms with Crippen molar-refractivity contribution < 1.29 is 31.5 Å². The van der Waals surface area contributed by atoms with Crippen molar-refractivity contribution in [3.8, 4) is 11.1 Å². The summed E-state index contributed by atoms with van der Waals surface area (Å²) in [5, 5.41) is 2.55. The molecule has 3 heterocycles. The molecule has 1 N–H and O–H groups in total. The molecule has 13 heteroatoms. The molecule has 1 aromatic heterocycles. The number of nitrogens with zero attached hydrogens (tertiary/aromatic N) is 5. The highest BCUT2D eigenvalue weighted by Crippen LogP contribution is 2.37. The predicted octanol–water partition coefficient (Wildman–Crippen LogP) is 5.45. The van der Waals surface area contributed by atoms with E-state index < -0.39 is 34.8 Å². The van der Waals surface area contributed by atoms with Crippen LogP contribution >= 0.6 is 0 Å². The van der Waals surface area contributed by atoms with Gasteiger partial charge in [0, 0.05) is 62.3 Å². The fraction of sp³-hybridized carbons (Fsp3) is 0.433. The van der Waals surface area contributed by atoms with Crippen molar-refractivity contribution in [2.45, 2.75) is 38.6 Å². The maximum atomic E-state index is 15.7. The number of hydrogen-bond donors (Lipinski definition) is 1. The standard InChI is InChI=1S/C30H33F5N6O2/c1-18-16-40(8-7-39(18)4)26-13-24(32)22(19-14-36-28(37-15-19)41-9-10-43-29(2,3)17-41)12-25(26)38-27(42)21-6-5-20(31)11-23(21)30(33,34)35/h5-6,11-15,18H,7-10,16-17H2,1-4H3,(H,38,42)/t18-/m1/s1. The molecule has 0 spiro atoms. The molecule has 2 fully saturated rings. The number of morpholine rings is 1. The Bertz CT molecular complexity index is 1500. The van der Waals surface area contributed by atoms with Gasteiger partial charge >= 0.3 is 6.18 Å². The van der Waals surface area contributed by atoms with E-state index in [1.165, 1.54) is 24.5 Å². The molecule has 5 rings (SSSR count). The molecular weight excluding hydrogens is 571 g/mol. The summed E-state index contributed by atoms with van der Waals surface area (Å²) in [6, 6.07) is 4.59. The molecule has 43 heavy (non-hydrogen) atoms. The number of anilines is 3. The van der Waals surface area contributed by atoms with Crippen LogP contribution in [-0.4, -0.2) is 78.8 Å². The predicted molar refractivity (Wildman–Crippen MR) is 153 cm³/mol. The molecule has 2 aromatic carbocycles. The normalized spacial score (nSPS) is 19.4. The molecule has 3 aromatic rings. The van der Waals surface area contributed by atoms with Gasteiger partial charge in [0.05, 0.1) is 34.7 Å². The van der Waals surface area contributed by atoms with Gasteiger partial charge in [-0.05, 0) is 58.2 Å². The van der Waals surface area contributed by atoms with E-state index in [1.54, 1.807) is 0 Å². The summed E-state index contributed by atoms with van der Waals surface area (Å²) in [6.07, 6.45) is -2.03. The Kier molecular flexibility index (Phi) is 8.32. The highest BCUT2D eigenvalue weighted by molar-refractivity contribution is 6.07. The van der Waals surface area contributed by atoms with E-state index in [-0.39, 0.29) is 29.0 Å². The number of rotatable bonds is 5. The molecule has 0 saturated carbocycles. The van der Waals surface area contributed by atoms with Crippen LogP contribution in [0.1, 0.15) is 36.7 Å². The molecule has 2 saturated heterocycles. The van der Waals surface area contributed by atoms with E-state index in [2.05, 4.69) is 20.2 Å². The van der Waals surface area contributed by atoms with Gasteiger partial charge in [-0.2, -0.15) is 13.2 Å². The summed E-state index contributed by atoms with van der Waals surface area (Å²) < 4.78 is 76.2. The lowest BCUT2D eigenvalue weighted by Crippen LogP contribution is -2.50. The van der Waals surface area contributed by atoms with Crippen molar-refractivity contribution in [1.29, 1.82) is 0 Å². The van der Waals surface area contributed by atoms with Crippen molar-refractivity contribution in [2.24, 2.45) is 0 Å². The number of carbonyl (C=O) groups excluding carboxylic acids is 1. The number of ether oxygens (including phenoxy) is 1. The maximum Gasteiger partial charge on any atom is 0.417 e. The van der Waals surface area contributed by atoms with Gasteiger partial charge in [0.25, 0.3) is 5.91 Å². The van der Waals surface area contributed by atoms with Gasteiger partial charge in [-0.25, -0.2) is 18.7 Å². The third-order valence-corrected chi connectivity index (χ3v) is 7.82. The van der Waals surface area contributed by atoms with Gasteiger partial charge in [-0.15, -0.1) is 0 Å². The van der Waals surface area contributed by atoms with Crippen LogP contribution < -0.4 is 15.1 Å². The Morgan fingerprint density at radius 3 is 2.42 bits per heavy atom. The Hall–Kier alpha value is -3.84. The molecule has 0 bridgehead atoms. The largest absolute Gasteiger partial charge is 0.417 e. The number of piperazine rings is 1. The lowest BCUT2D eigenvalue weighted by molar-refractivity contribution is -0.138. The van der Waals surface area contributed by atoms with E-state index in [0.717, 1.165) is 12.1 Å². The quantitative estimate of drug-likeness (QED) is 0.389. The number of aromatic nitrogens is 2. The summed E-state index contributed by atoms with van der Waals surface area (Å²) in [5.41, 5.74) is -1.73. The van der Waals surface area contributed by atoms with Gasteiger partial charge < -0.3 is 24.8 Å². The Morgan fingerprint density at radius 2 is 1.77 bits per heavy atom. The van der Waals surface area contributed by atoms with Gasteiger partial charge in [0.2, 0.25) is 5.95 Å². The average Bonchev–Trinajstić information content (AvgIpc) is 2.94. The SMILES string of the molecule is C[C@@H]1CN(c2cc(F)c(-c3cnc(N4CCOC(C)(C)C4)nc3)cc2NC(=O)c2ccc(F)cc2C(F)(F)F)CCN1C. The summed E-state index contributed by atoms with van der Waals surface area (Å²) in [4.78, 5) is 28.1. The van der Waals surface area contributed by atoms with Gasteiger partial charge in [-0.1, -0.05) is 0 Å². The number of alkyl halides is 3. The lowest BCUT2D eigenvalue weighted by atomic mass is 10.0. The van der Waals surface area contributed by atoms with Crippen LogP contribution in [0.3, 0.4) is 0 Å². The second-order valence-electron chi connectivity index (χ2n) is 11.6. The average molecular weight is 605 g/mol. The van der Waals surface area contributed by atoms with Crippen LogP contribution in [0, 0.1) is 11.6 Å². The molecule has 1 atom stereocenters. The fourth-order valence-electron chi connectivity index (χ4n) is 5.36. The number of halogens is 5. The molecule has 230 valence electrons. The van der Waals surface area contributed by atoms with Gasteiger partial charge in [-0.3, -0.25) is 4.79 Å². The first-order valence-electron chi connectivity index (χ1n) is 13.9. The summed E-state index contributed by atoms with van der Waals surface area (Å²) in [6.45, 7) is 9.24. The van der Waals surface area contributed by atoms with E-state index in [4.69, 9.17) is 4.74 Å². The summed E-state index contributed by atoms with van der Waals surface area (Å²) >= 11 is 0. The van der Waals surface area contributed by atoms with Gasteiger partial charge in [0.15, 0.2) is 0 Å². The molecule has 0 unspecified atom stereocenters. The third-order valence-electron chi connectivity index (χ3n) is 7.82. The third kappa shape index (κ3) is 6.72. The Labute approximate surface area is 246 Å². The van der Waals surface area contributed by atoms with Crippen LogP contribution in [0.25, 0.3) is 11.1 Å². The molecule has 0 radical (unpaired) electrons. The number of likely N-dealkylation sites (N-methyl/N-ethyl adjacent to an activating group) is 1. The van der Waals surface area contributed by atoms with Crippen molar-refractivity contribution >= 4 is 23.2 Å². The Morgan fingerprint density at radius 1 is 1.05 bits per heavy atom. The zero-order chi connectivity index (χ0) is 31.1. The topological polar surface area (TPSA) is 73.8 Å². The zero-order valence-electron chi connectivity index (χ0n) is 24.3. The smallest absolute Gasteiger partial charge is 0.372 e. The molecule has 2 aliphatic heterocycles. The second-order valence-corrected chi connectivity index (χ2v) is 11.6. The van der Waals surface area contributed by atoms with Crippen LogP contribution in [0.15, 0.2) is 42.7 Å². The number of nitrogens with one attached hydrogen (secondary N) is 1. The minimum atomic E-state index is -4.97. The van der Waals surface area contributed by atoms with Crippen molar-refractivity contribution in [3.63, 3.8) is 0 Å². The first-order chi connectivity index (χ1) is 20.2. The van der Waals surface area contributed by atoms with Crippen LogP contribution in [0.4, 0.5) is 39.3 Å². The van der Waals surface area contributed by atoms with Crippen molar-refractivity contribution in [2.75, 3.05) is 61.5 Å². The van der Waals surface area contributed by atoms with E-state index in [0.29, 0.717) is 56.5 Å². The van der Waals surface area contributed by atoms with Crippen LogP contribution in [0.2, 0.25) is 0 Å². The minimum Gasteiger partial charge on any atom is -0.372 e. The van der Waals surface area contributed by atoms with E-state index in [1.807, 2.05) is 37.6 Å². The maximum absolute atomic E-state index is 15.7. The monoisotopic (exact) mass is 604 g/mol. The van der Waals surface area contributed by atoms with Crippen LogP contribution in [0.5, 0.6) is 0 Å². The molecule has 0 aliphatic carbocycles. The summed E-state index contributed by atoms with van der Waals surface area (Å²) in [7, 11) is 1.96. The molecule has 8 nitrogen and oxygen atoms in total. The Balaban J connectivity index is 1.52. The number of amides is 1. The van der Waals surface area contributed by atoms with Crippen molar-refractivity contribution in [1.82, 2.24) is 14.9 Å². The highest BCUT2D eigenvalue weighted by atomic mass is 19.4. The number of carbonyl (C=O) groups is 1. The van der Waals surface area contributed by atoms with Crippen molar-refractivity contribution in [3.05, 3.63) is 65.5 Å². The zero-order valence-corrected chi connectivity index (χ0v) is 24.3. The van der Waals surface area contributed by atoms with E-state index >= 15 is 4.39 Å². The van der Waals surface area contributed by atoms with Gasteiger partial charge in [0.1, 0.15) is 11.6 Å². The number of benzene rings is 2. The molecule has 1 amide bonds. The highest BCUT2D eigenvalue weighted by Gasteiger charge is 2.36. The summed E-state index contributed by atoms with van der Waals surface area (Å²) in [5.74, 6) is -2.38.